The molecule has 0 radical (unpaired) electrons. The van der Waals surface area contributed by atoms with Crippen molar-refractivity contribution in [3.63, 3.8) is 0 Å². The summed E-state index contributed by atoms with van der Waals surface area (Å²) >= 11 is 7.49. The van der Waals surface area contributed by atoms with Crippen LogP contribution in [0.1, 0.15) is 13.8 Å². The minimum Gasteiger partial charge on any atom is -0.372 e. The van der Waals surface area contributed by atoms with Crippen LogP contribution in [-0.4, -0.2) is 41.5 Å². The number of nitrogens with zero attached hydrogens (tertiary/aromatic N) is 3. The maximum absolute atomic E-state index is 6.00. The molecule has 1 fully saturated rings. The van der Waals surface area contributed by atoms with Gasteiger partial charge in [-0.1, -0.05) is 23.4 Å². The van der Waals surface area contributed by atoms with Gasteiger partial charge in [0.05, 0.1) is 12.2 Å². The van der Waals surface area contributed by atoms with Crippen LogP contribution in [0.15, 0.2) is 11.2 Å². The van der Waals surface area contributed by atoms with Crippen molar-refractivity contribution >= 4 is 29.2 Å². The molecule has 2 heterocycles. The summed E-state index contributed by atoms with van der Waals surface area (Å²) in [5.74, 6) is 0.880. The Balaban J connectivity index is 2.24. The molecule has 0 saturated carbocycles. The highest BCUT2D eigenvalue weighted by Gasteiger charge is 2.28. The zero-order valence-electron chi connectivity index (χ0n) is 10.2. The normalized spacial score (nSPS) is 19.4. The van der Waals surface area contributed by atoms with E-state index >= 15 is 0 Å². The Morgan fingerprint density at radius 3 is 2.88 bits per heavy atom. The van der Waals surface area contributed by atoms with Gasteiger partial charge in [-0.3, -0.25) is 0 Å². The van der Waals surface area contributed by atoms with Gasteiger partial charge in [-0.2, -0.15) is 0 Å². The molecular formula is C11H16ClN3OS. The molecule has 0 aliphatic carbocycles. The molecule has 1 aliphatic rings. The van der Waals surface area contributed by atoms with E-state index in [9.17, 15) is 0 Å². The number of ether oxygens (including phenoxy) is 1. The molecule has 1 aliphatic heterocycles. The van der Waals surface area contributed by atoms with Crippen molar-refractivity contribution in [2.24, 2.45) is 0 Å². The Hall–Kier alpha value is -0.520. The van der Waals surface area contributed by atoms with Crippen LogP contribution in [0.4, 0.5) is 5.82 Å². The molecule has 0 unspecified atom stereocenters. The second kappa shape index (κ2) is 5.00. The number of halogens is 1. The van der Waals surface area contributed by atoms with Crippen molar-refractivity contribution in [2.45, 2.75) is 24.6 Å². The summed E-state index contributed by atoms with van der Waals surface area (Å²) in [4.78, 5) is 10.8. The summed E-state index contributed by atoms with van der Waals surface area (Å²) < 4.78 is 5.68. The van der Waals surface area contributed by atoms with Crippen LogP contribution in [-0.2, 0) is 4.74 Å². The molecule has 0 N–H and O–H groups in total. The number of hydrogen-bond acceptors (Lipinski definition) is 5. The molecule has 0 aromatic carbocycles. The van der Waals surface area contributed by atoms with Gasteiger partial charge in [0.1, 0.15) is 11.0 Å². The molecule has 1 saturated heterocycles. The van der Waals surface area contributed by atoms with Gasteiger partial charge in [-0.25, -0.2) is 9.97 Å². The lowest BCUT2D eigenvalue weighted by Gasteiger charge is -2.38. The van der Waals surface area contributed by atoms with E-state index in [-0.39, 0.29) is 5.60 Å². The van der Waals surface area contributed by atoms with Gasteiger partial charge in [-0.05, 0) is 20.1 Å². The third kappa shape index (κ3) is 3.24. The molecule has 2 rings (SSSR count). The van der Waals surface area contributed by atoms with E-state index in [0.29, 0.717) is 16.9 Å². The molecule has 17 heavy (non-hydrogen) atoms. The molecule has 0 bridgehead atoms. The fraction of sp³-hybridized carbons (Fsp3) is 0.636. The van der Waals surface area contributed by atoms with Crippen LogP contribution in [0.2, 0.25) is 5.15 Å². The zero-order valence-corrected chi connectivity index (χ0v) is 11.8. The SMILES string of the molecule is CSc1nc(Cl)cc(N2CCOC(C)(C)C2)n1. The van der Waals surface area contributed by atoms with Crippen molar-refractivity contribution < 1.29 is 4.74 Å². The topological polar surface area (TPSA) is 38.2 Å². The minimum absolute atomic E-state index is 0.144. The van der Waals surface area contributed by atoms with Crippen molar-refractivity contribution in [1.29, 1.82) is 0 Å². The van der Waals surface area contributed by atoms with Crippen LogP contribution in [0, 0.1) is 0 Å². The first-order chi connectivity index (χ1) is 8.00. The highest BCUT2D eigenvalue weighted by Crippen LogP contribution is 2.25. The largest absolute Gasteiger partial charge is 0.372 e. The van der Waals surface area contributed by atoms with Gasteiger partial charge in [-0.15, -0.1) is 0 Å². The second-order valence-corrected chi connectivity index (χ2v) is 5.73. The summed E-state index contributed by atoms with van der Waals surface area (Å²) in [7, 11) is 0. The van der Waals surface area contributed by atoms with E-state index in [1.165, 1.54) is 11.8 Å². The molecule has 1 aromatic heterocycles. The van der Waals surface area contributed by atoms with E-state index < -0.39 is 0 Å². The molecule has 6 heteroatoms. The molecule has 0 atom stereocenters. The Morgan fingerprint density at radius 2 is 2.24 bits per heavy atom. The quantitative estimate of drug-likeness (QED) is 0.470. The monoisotopic (exact) mass is 273 g/mol. The summed E-state index contributed by atoms with van der Waals surface area (Å²) in [6, 6.07) is 1.81. The standard InChI is InChI=1S/C11H16ClN3OS/c1-11(2)7-15(4-5-16-11)9-6-8(12)13-10(14-9)17-3/h6H,4-5,7H2,1-3H3. The number of morpholine rings is 1. The molecule has 1 aromatic rings. The Bertz CT molecular complexity index is 414. The summed E-state index contributed by atoms with van der Waals surface area (Å²) in [6.45, 7) is 6.52. The Morgan fingerprint density at radius 1 is 1.47 bits per heavy atom. The number of thioether (sulfide) groups is 1. The number of aromatic nitrogens is 2. The van der Waals surface area contributed by atoms with Crippen LogP contribution in [0.3, 0.4) is 0 Å². The van der Waals surface area contributed by atoms with E-state index in [4.69, 9.17) is 16.3 Å². The van der Waals surface area contributed by atoms with E-state index in [2.05, 4.69) is 28.7 Å². The van der Waals surface area contributed by atoms with Crippen LogP contribution in [0.5, 0.6) is 0 Å². The van der Waals surface area contributed by atoms with Crippen LogP contribution in [0.25, 0.3) is 0 Å². The van der Waals surface area contributed by atoms with Crippen molar-refractivity contribution in [3.8, 4) is 0 Å². The summed E-state index contributed by atoms with van der Waals surface area (Å²) in [5.41, 5.74) is -0.144. The highest BCUT2D eigenvalue weighted by atomic mass is 35.5. The molecule has 0 amide bonds. The van der Waals surface area contributed by atoms with Crippen molar-refractivity contribution in [2.75, 3.05) is 30.9 Å². The first-order valence-corrected chi connectivity index (χ1v) is 7.08. The van der Waals surface area contributed by atoms with Gasteiger partial charge in [0, 0.05) is 19.2 Å². The fourth-order valence-corrected chi connectivity index (χ4v) is 2.45. The van der Waals surface area contributed by atoms with E-state index in [1.54, 1.807) is 0 Å². The maximum Gasteiger partial charge on any atom is 0.190 e. The molecular weight excluding hydrogens is 258 g/mol. The predicted octanol–water partition coefficient (Wildman–Crippen LogP) is 2.47. The lowest BCUT2D eigenvalue weighted by molar-refractivity contribution is -0.0279. The summed E-state index contributed by atoms with van der Waals surface area (Å²) in [5, 5.41) is 1.19. The Labute approximate surface area is 111 Å². The molecule has 0 spiro atoms. The second-order valence-electron chi connectivity index (χ2n) is 4.57. The van der Waals surface area contributed by atoms with Gasteiger partial charge in [0.2, 0.25) is 0 Å². The first kappa shape index (κ1) is 12.9. The van der Waals surface area contributed by atoms with Crippen LogP contribution < -0.4 is 4.90 Å². The lowest BCUT2D eigenvalue weighted by atomic mass is 10.1. The van der Waals surface area contributed by atoms with Gasteiger partial charge in [0.25, 0.3) is 0 Å². The van der Waals surface area contributed by atoms with Crippen molar-refractivity contribution in [3.05, 3.63) is 11.2 Å². The average Bonchev–Trinajstić information content (AvgIpc) is 2.27. The number of rotatable bonds is 2. The fourth-order valence-electron chi connectivity index (χ4n) is 1.85. The maximum atomic E-state index is 6.00. The third-order valence-electron chi connectivity index (χ3n) is 2.59. The number of hydrogen-bond donors (Lipinski definition) is 0. The van der Waals surface area contributed by atoms with Gasteiger partial charge < -0.3 is 9.64 Å². The Kier molecular flexibility index (Phi) is 3.80. The first-order valence-electron chi connectivity index (χ1n) is 5.48. The highest BCUT2D eigenvalue weighted by molar-refractivity contribution is 7.98. The average molecular weight is 274 g/mol. The van der Waals surface area contributed by atoms with Crippen LogP contribution >= 0.6 is 23.4 Å². The minimum atomic E-state index is -0.144. The lowest BCUT2D eigenvalue weighted by Crippen LogP contribution is -2.48. The van der Waals surface area contributed by atoms with E-state index in [1.807, 2.05) is 12.3 Å². The number of anilines is 1. The third-order valence-corrected chi connectivity index (χ3v) is 3.33. The smallest absolute Gasteiger partial charge is 0.190 e. The molecule has 4 nitrogen and oxygen atoms in total. The van der Waals surface area contributed by atoms with Gasteiger partial charge in [0.15, 0.2) is 5.16 Å². The predicted molar refractivity (Wildman–Crippen MR) is 71.1 cm³/mol. The zero-order chi connectivity index (χ0) is 12.5. The van der Waals surface area contributed by atoms with Gasteiger partial charge >= 0.3 is 0 Å². The van der Waals surface area contributed by atoms with E-state index in [0.717, 1.165) is 18.9 Å². The summed E-state index contributed by atoms with van der Waals surface area (Å²) in [6.07, 6.45) is 1.94. The van der Waals surface area contributed by atoms with Crippen molar-refractivity contribution in [1.82, 2.24) is 9.97 Å². The molecule has 94 valence electrons.